The zero-order chi connectivity index (χ0) is 11.7. The molecule has 0 aliphatic carbocycles. The summed E-state index contributed by atoms with van der Waals surface area (Å²) >= 11 is 2.41. The van der Waals surface area contributed by atoms with Crippen molar-refractivity contribution in [3.8, 4) is 0 Å². The van der Waals surface area contributed by atoms with E-state index in [0.717, 1.165) is 12.8 Å². The summed E-state index contributed by atoms with van der Waals surface area (Å²) in [6.07, 6.45) is 2.22. The Morgan fingerprint density at radius 3 is 1.60 bits per heavy atom. The molecule has 0 N–H and O–H groups in total. The summed E-state index contributed by atoms with van der Waals surface area (Å²) < 4.78 is 17.8. The first kappa shape index (κ1) is 15.8. The van der Waals surface area contributed by atoms with Gasteiger partial charge in [-0.1, -0.05) is 35.9 Å². The van der Waals surface area contributed by atoms with Gasteiger partial charge in [-0.2, -0.15) is 0 Å². The van der Waals surface area contributed by atoms with Crippen LogP contribution in [0.4, 0.5) is 0 Å². The van der Waals surface area contributed by atoms with Gasteiger partial charge in [0, 0.05) is 19.8 Å². The quantitative estimate of drug-likeness (QED) is 0.365. The van der Waals surface area contributed by atoms with Crippen LogP contribution in [0.3, 0.4) is 0 Å². The van der Waals surface area contributed by atoms with Crippen LogP contribution in [0.1, 0.15) is 40.5 Å². The van der Waals surface area contributed by atoms with Crippen molar-refractivity contribution >= 4 is 31.4 Å². The van der Waals surface area contributed by atoms with E-state index in [4.69, 9.17) is 13.3 Å². The van der Waals surface area contributed by atoms with Crippen LogP contribution >= 0.6 is 22.6 Å². The zero-order valence-electron chi connectivity index (χ0n) is 10.2. The second-order valence-electron chi connectivity index (χ2n) is 3.16. The van der Waals surface area contributed by atoms with Gasteiger partial charge in [0.2, 0.25) is 0 Å². The van der Waals surface area contributed by atoms with Gasteiger partial charge in [-0.15, -0.1) is 0 Å². The fourth-order valence-electron chi connectivity index (χ4n) is 1.43. The lowest BCUT2D eigenvalue weighted by Gasteiger charge is -2.32. The van der Waals surface area contributed by atoms with E-state index in [1.165, 1.54) is 0 Å². The molecule has 15 heavy (non-hydrogen) atoms. The molecule has 1 unspecified atom stereocenters. The number of rotatable bonds is 9. The highest BCUT2D eigenvalue weighted by Crippen LogP contribution is 2.25. The zero-order valence-corrected chi connectivity index (χ0v) is 13.4. The topological polar surface area (TPSA) is 27.7 Å². The molecule has 0 rings (SSSR count). The van der Waals surface area contributed by atoms with Crippen LogP contribution in [0.5, 0.6) is 0 Å². The highest BCUT2D eigenvalue weighted by Gasteiger charge is 2.47. The van der Waals surface area contributed by atoms with Crippen molar-refractivity contribution < 1.29 is 13.3 Å². The molecule has 1 atom stereocenters. The molecule has 0 bridgehead atoms. The van der Waals surface area contributed by atoms with E-state index in [0.29, 0.717) is 23.4 Å². The van der Waals surface area contributed by atoms with Gasteiger partial charge < -0.3 is 13.3 Å². The first-order valence-electron chi connectivity index (χ1n) is 5.72. The number of hydrogen-bond acceptors (Lipinski definition) is 3. The van der Waals surface area contributed by atoms with E-state index in [1.807, 2.05) is 20.8 Å². The molecule has 0 heterocycles. The van der Waals surface area contributed by atoms with Crippen molar-refractivity contribution in [2.45, 2.75) is 44.1 Å². The minimum Gasteiger partial charge on any atom is -0.373 e. The summed E-state index contributed by atoms with van der Waals surface area (Å²) in [5.74, 6) is 0. The lowest BCUT2D eigenvalue weighted by molar-refractivity contribution is 0.0701. The van der Waals surface area contributed by atoms with E-state index in [1.54, 1.807) is 0 Å². The van der Waals surface area contributed by atoms with E-state index in [-0.39, 0.29) is 0 Å². The van der Waals surface area contributed by atoms with Gasteiger partial charge in [-0.25, -0.2) is 0 Å². The average molecular weight is 346 g/mol. The van der Waals surface area contributed by atoms with E-state index < -0.39 is 8.80 Å². The van der Waals surface area contributed by atoms with Gasteiger partial charge in [-0.3, -0.25) is 0 Å². The van der Waals surface area contributed by atoms with Gasteiger partial charge >= 0.3 is 8.80 Å². The lowest BCUT2D eigenvalue weighted by atomic mass is 10.4. The van der Waals surface area contributed by atoms with Crippen molar-refractivity contribution in [2.24, 2.45) is 0 Å². The molecule has 3 nitrogen and oxygen atoms in total. The fraction of sp³-hybridized carbons (Fsp3) is 1.00. The van der Waals surface area contributed by atoms with Crippen molar-refractivity contribution in [3.05, 3.63) is 0 Å². The third-order valence-corrected chi connectivity index (χ3v) is 8.00. The summed E-state index contributed by atoms with van der Waals surface area (Å²) in [5.41, 5.74) is 0. The van der Waals surface area contributed by atoms with Crippen LogP contribution in [0.25, 0.3) is 0 Å². The van der Waals surface area contributed by atoms with Crippen LogP contribution in [-0.2, 0) is 13.3 Å². The predicted octanol–water partition coefficient (Wildman–Crippen LogP) is 3.18. The third kappa shape index (κ3) is 5.12. The molecule has 0 amide bonds. The van der Waals surface area contributed by atoms with Crippen LogP contribution in [0, 0.1) is 0 Å². The first-order valence-corrected chi connectivity index (χ1v) is 8.77. The molecular formula is C10H23IO3Si. The van der Waals surface area contributed by atoms with Crippen LogP contribution in [0.2, 0.25) is 0 Å². The Labute approximate surface area is 108 Å². The Morgan fingerprint density at radius 1 is 0.933 bits per heavy atom. The molecule has 0 aliphatic rings. The molecule has 0 aliphatic heterocycles. The van der Waals surface area contributed by atoms with E-state index in [2.05, 4.69) is 29.5 Å². The second-order valence-corrected chi connectivity index (χ2v) is 8.61. The molecule has 0 aromatic carbocycles. The number of hydrogen-bond donors (Lipinski definition) is 0. The number of alkyl halides is 1. The fourth-order valence-corrected chi connectivity index (χ4v) is 6.31. The second kappa shape index (κ2) is 8.92. The van der Waals surface area contributed by atoms with Gasteiger partial charge in [0.25, 0.3) is 0 Å². The average Bonchev–Trinajstić information content (AvgIpc) is 2.19. The molecule has 92 valence electrons. The SMILES string of the molecule is CCCC(I)[Si](OCC)(OCC)OCC. The summed E-state index contributed by atoms with van der Waals surface area (Å²) in [4.78, 5) is 0. The smallest absolute Gasteiger partial charge is 0.373 e. The summed E-state index contributed by atoms with van der Waals surface area (Å²) in [5, 5.41) is 0. The molecule has 0 spiro atoms. The van der Waals surface area contributed by atoms with Crippen molar-refractivity contribution in [1.82, 2.24) is 0 Å². The normalized spacial score (nSPS) is 14.2. The number of halogens is 1. The largest absolute Gasteiger partial charge is 0.514 e. The monoisotopic (exact) mass is 346 g/mol. The minimum absolute atomic E-state index is 0.361. The van der Waals surface area contributed by atoms with Crippen molar-refractivity contribution in [2.75, 3.05) is 19.8 Å². The summed E-state index contributed by atoms with van der Waals surface area (Å²) in [7, 11) is -2.43. The van der Waals surface area contributed by atoms with Gasteiger partial charge in [0.05, 0.1) is 3.55 Å². The molecule has 5 heteroatoms. The van der Waals surface area contributed by atoms with E-state index >= 15 is 0 Å². The summed E-state index contributed by atoms with van der Waals surface area (Å²) in [6.45, 7) is 10.1. The highest BCUT2D eigenvalue weighted by molar-refractivity contribution is 14.1. The van der Waals surface area contributed by atoms with Crippen molar-refractivity contribution in [3.63, 3.8) is 0 Å². The Morgan fingerprint density at radius 2 is 1.33 bits per heavy atom. The van der Waals surface area contributed by atoms with Crippen LogP contribution in [0.15, 0.2) is 0 Å². The molecule has 0 aromatic rings. The molecular weight excluding hydrogens is 323 g/mol. The van der Waals surface area contributed by atoms with Gasteiger partial charge in [0.15, 0.2) is 0 Å². The van der Waals surface area contributed by atoms with Crippen molar-refractivity contribution in [1.29, 1.82) is 0 Å². The minimum atomic E-state index is -2.43. The Bertz CT molecular complexity index is 141. The van der Waals surface area contributed by atoms with Gasteiger partial charge in [0.1, 0.15) is 0 Å². The Kier molecular flexibility index (Phi) is 9.41. The molecule has 0 saturated heterocycles. The summed E-state index contributed by atoms with van der Waals surface area (Å²) in [6, 6.07) is 0. The first-order chi connectivity index (χ1) is 7.16. The maximum atomic E-state index is 5.81. The van der Waals surface area contributed by atoms with E-state index in [9.17, 15) is 0 Å². The Hall–Kier alpha value is 0.827. The molecule has 0 saturated carbocycles. The highest BCUT2D eigenvalue weighted by atomic mass is 127. The third-order valence-electron chi connectivity index (χ3n) is 1.96. The Balaban J connectivity index is 4.57. The molecule has 0 radical (unpaired) electrons. The standard InChI is InChI=1S/C10H23IO3Si/c1-5-9-10(11)15(12-6-2,13-7-3)14-8-4/h10H,5-9H2,1-4H3. The molecule has 0 aromatic heterocycles. The maximum absolute atomic E-state index is 5.81. The van der Waals surface area contributed by atoms with Crippen LogP contribution < -0.4 is 0 Å². The maximum Gasteiger partial charge on any atom is 0.514 e. The van der Waals surface area contributed by atoms with Crippen LogP contribution in [-0.4, -0.2) is 32.2 Å². The lowest BCUT2D eigenvalue weighted by Crippen LogP contribution is -2.54. The van der Waals surface area contributed by atoms with Gasteiger partial charge in [-0.05, 0) is 27.2 Å². The predicted molar refractivity (Wildman–Crippen MR) is 73.3 cm³/mol. The molecule has 0 fully saturated rings.